The second kappa shape index (κ2) is 10.6. The van der Waals surface area contributed by atoms with Gasteiger partial charge in [0.25, 0.3) is 0 Å². The fraction of sp³-hybridized carbons (Fsp3) is 0.222. The number of nitriles is 1. The van der Waals surface area contributed by atoms with Gasteiger partial charge in [-0.15, -0.1) is 0 Å². The molecule has 0 bridgehead atoms. The first-order valence-corrected chi connectivity index (χ1v) is 11.2. The number of halogens is 1. The number of nitrogens with zero attached hydrogens (tertiary/aromatic N) is 4. The Morgan fingerprint density at radius 3 is 2.82 bits per heavy atom. The molecule has 0 saturated carbocycles. The van der Waals surface area contributed by atoms with Gasteiger partial charge in [0.2, 0.25) is 5.91 Å². The zero-order chi connectivity index (χ0) is 23.9. The van der Waals surface area contributed by atoms with Crippen LogP contribution in [0.4, 0.5) is 4.39 Å². The van der Waals surface area contributed by atoms with Gasteiger partial charge in [-0.3, -0.25) is 9.89 Å². The van der Waals surface area contributed by atoms with Crippen molar-refractivity contribution < 1.29 is 9.18 Å². The number of likely N-dealkylation sites (N-methyl/N-ethyl adjacent to an activating group) is 1. The number of fused-ring (bicyclic) bond motifs is 1. The summed E-state index contributed by atoms with van der Waals surface area (Å²) in [5.41, 5.74) is 4.62. The zero-order valence-corrected chi connectivity index (χ0v) is 19.0. The maximum Gasteiger partial charge on any atom is 0.246 e. The van der Waals surface area contributed by atoms with Crippen molar-refractivity contribution in [3.8, 4) is 17.3 Å². The summed E-state index contributed by atoms with van der Waals surface area (Å²) in [5.74, 6) is -0.337. The van der Waals surface area contributed by atoms with Gasteiger partial charge < -0.3 is 9.47 Å². The Kier molecular flexibility index (Phi) is 7.19. The first-order chi connectivity index (χ1) is 16.5. The molecule has 0 unspecified atom stereocenters. The molecule has 4 aromatic rings. The largest absolute Gasteiger partial charge is 0.346 e. The average Bonchev–Trinajstić information content (AvgIpc) is 3.46. The van der Waals surface area contributed by atoms with Crippen molar-refractivity contribution in [1.29, 1.82) is 5.26 Å². The first-order valence-electron chi connectivity index (χ1n) is 11.2. The molecule has 2 heterocycles. The molecule has 34 heavy (non-hydrogen) atoms. The van der Waals surface area contributed by atoms with Gasteiger partial charge >= 0.3 is 0 Å². The van der Waals surface area contributed by atoms with Crippen LogP contribution in [0.2, 0.25) is 0 Å². The first kappa shape index (κ1) is 23.0. The number of nitrogens with one attached hydrogen (secondary N) is 1. The van der Waals surface area contributed by atoms with Crippen LogP contribution in [0.1, 0.15) is 24.1 Å². The maximum atomic E-state index is 13.1. The Morgan fingerprint density at radius 1 is 1.24 bits per heavy atom. The van der Waals surface area contributed by atoms with E-state index in [4.69, 9.17) is 5.26 Å². The SMILES string of the molecule is CN(CCCc1cc(-c2ccc(F)cc2)n[nH]1)C(=O)/C=C/c1cn(CCC#N)c2ccccc12. The lowest BCUT2D eigenvalue weighted by Gasteiger charge is -2.14. The number of H-pyrrole nitrogens is 1. The lowest BCUT2D eigenvalue weighted by atomic mass is 10.1. The van der Waals surface area contributed by atoms with E-state index in [1.807, 2.05) is 42.6 Å². The van der Waals surface area contributed by atoms with Gasteiger partial charge in [-0.25, -0.2) is 4.39 Å². The molecule has 4 rings (SSSR count). The van der Waals surface area contributed by atoms with E-state index in [1.54, 1.807) is 30.2 Å². The minimum Gasteiger partial charge on any atom is -0.346 e. The molecule has 0 aliphatic carbocycles. The maximum absolute atomic E-state index is 13.1. The monoisotopic (exact) mass is 455 g/mol. The molecule has 2 aromatic carbocycles. The van der Waals surface area contributed by atoms with Gasteiger partial charge in [0.05, 0.1) is 18.2 Å². The number of rotatable bonds is 9. The van der Waals surface area contributed by atoms with E-state index in [1.165, 1.54) is 12.1 Å². The zero-order valence-electron chi connectivity index (χ0n) is 19.0. The molecule has 0 fully saturated rings. The fourth-order valence-corrected chi connectivity index (χ4v) is 3.93. The molecule has 0 aliphatic rings. The molecular formula is C27H26FN5O. The van der Waals surface area contributed by atoms with Crippen LogP contribution < -0.4 is 0 Å². The Labute approximate surface area is 197 Å². The second-order valence-corrected chi connectivity index (χ2v) is 8.19. The van der Waals surface area contributed by atoms with Crippen LogP contribution >= 0.6 is 0 Å². The number of para-hydroxylation sites is 1. The van der Waals surface area contributed by atoms with Crippen molar-refractivity contribution in [2.24, 2.45) is 0 Å². The number of aromatic nitrogens is 3. The molecule has 0 spiro atoms. The Bertz CT molecular complexity index is 1340. The van der Waals surface area contributed by atoms with E-state index in [-0.39, 0.29) is 11.7 Å². The van der Waals surface area contributed by atoms with Crippen LogP contribution in [0.25, 0.3) is 28.2 Å². The van der Waals surface area contributed by atoms with Crippen LogP contribution in [0.15, 0.2) is 66.9 Å². The van der Waals surface area contributed by atoms with E-state index in [9.17, 15) is 9.18 Å². The predicted octanol–water partition coefficient (Wildman–Crippen LogP) is 5.19. The summed E-state index contributed by atoms with van der Waals surface area (Å²) in [4.78, 5) is 14.3. The van der Waals surface area contributed by atoms with Crippen molar-refractivity contribution in [2.75, 3.05) is 13.6 Å². The number of hydrogen-bond donors (Lipinski definition) is 1. The van der Waals surface area contributed by atoms with Crippen LogP contribution in [0.5, 0.6) is 0 Å². The molecule has 0 atom stereocenters. The fourth-order valence-electron chi connectivity index (χ4n) is 3.93. The van der Waals surface area contributed by atoms with Gasteiger partial charge in [0.1, 0.15) is 5.82 Å². The Balaban J connectivity index is 1.32. The van der Waals surface area contributed by atoms with E-state index < -0.39 is 0 Å². The normalized spacial score (nSPS) is 11.2. The summed E-state index contributed by atoms with van der Waals surface area (Å²) < 4.78 is 15.2. The molecule has 0 radical (unpaired) electrons. The Morgan fingerprint density at radius 2 is 2.03 bits per heavy atom. The highest BCUT2D eigenvalue weighted by Gasteiger charge is 2.09. The molecule has 1 N–H and O–H groups in total. The van der Waals surface area contributed by atoms with E-state index >= 15 is 0 Å². The highest BCUT2D eigenvalue weighted by Crippen LogP contribution is 2.23. The molecule has 0 aliphatic heterocycles. The number of carbonyl (C=O) groups is 1. The quantitative estimate of drug-likeness (QED) is 0.353. The summed E-state index contributed by atoms with van der Waals surface area (Å²) in [5, 5.41) is 17.3. The summed E-state index contributed by atoms with van der Waals surface area (Å²) in [6.45, 7) is 1.23. The van der Waals surface area contributed by atoms with Gasteiger partial charge in [-0.05, 0) is 55.3 Å². The summed E-state index contributed by atoms with van der Waals surface area (Å²) in [7, 11) is 1.79. The van der Waals surface area contributed by atoms with Crippen molar-refractivity contribution in [3.05, 3.63) is 83.9 Å². The third kappa shape index (κ3) is 5.41. The lowest BCUT2D eigenvalue weighted by molar-refractivity contribution is -0.124. The highest BCUT2D eigenvalue weighted by atomic mass is 19.1. The third-order valence-electron chi connectivity index (χ3n) is 5.78. The number of aromatic amines is 1. The van der Waals surface area contributed by atoms with E-state index in [0.29, 0.717) is 19.5 Å². The van der Waals surface area contributed by atoms with Crippen LogP contribution in [-0.4, -0.2) is 39.2 Å². The van der Waals surface area contributed by atoms with Gasteiger partial charge in [-0.2, -0.15) is 10.4 Å². The molecular weight excluding hydrogens is 429 g/mol. The molecule has 0 saturated heterocycles. The van der Waals surface area contributed by atoms with Crippen LogP contribution in [0, 0.1) is 17.1 Å². The summed E-state index contributed by atoms with van der Waals surface area (Å²) >= 11 is 0. The highest BCUT2D eigenvalue weighted by molar-refractivity contribution is 5.96. The third-order valence-corrected chi connectivity index (χ3v) is 5.78. The molecule has 6 nitrogen and oxygen atoms in total. The van der Waals surface area contributed by atoms with Crippen LogP contribution in [-0.2, 0) is 17.8 Å². The van der Waals surface area contributed by atoms with Crippen molar-refractivity contribution in [1.82, 2.24) is 19.7 Å². The number of aryl methyl sites for hydroxylation is 2. The smallest absolute Gasteiger partial charge is 0.246 e. The van der Waals surface area contributed by atoms with Gasteiger partial charge in [-0.1, -0.05) is 18.2 Å². The number of hydrogen-bond acceptors (Lipinski definition) is 3. The average molecular weight is 456 g/mol. The standard InChI is InChI=1S/C27H26FN5O/c1-32(16-4-6-23-18-25(31-30-23)20-9-12-22(28)13-10-20)27(34)14-11-21-19-33(17-5-15-29)26-8-3-2-7-24(21)26/h2-3,7-14,18-19H,4-6,16-17H2,1H3,(H,30,31)/b14-11+. The number of amides is 1. The number of benzene rings is 2. The topological polar surface area (TPSA) is 77.7 Å². The van der Waals surface area contributed by atoms with Crippen molar-refractivity contribution in [2.45, 2.75) is 25.8 Å². The number of carbonyl (C=O) groups excluding carboxylic acids is 1. The second-order valence-electron chi connectivity index (χ2n) is 8.19. The van der Waals surface area contributed by atoms with E-state index in [2.05, 4.69) is 20.8 Å². The minimum atomic E-state index is -0.272. The summed E-state index contributed by atoms with van der Waals surface area (Å²) in [6, 6.07) is 18.4. The minimum absolute atomic E-state index is 0.0644. The van der Waals surface area contributed by atoms with Gasteiger partial charge in [0, 0.05) is 60.1 Å². The van der Waals surface area contributed by atoms with Crippen molar-refractivity contribution >= 4 is 22.9 Å². The molecule has 1 amide bonds. The van der Waals surface area contributed by atoms with Crippen LogP contribution in [0.3, 0.4) is 0 Å². The molecule has 172 valence electrons. The molecule has 2 aromatic heterocycles. The molecule has 7 heteroatoms. The lowest BCUT2D eigenvalue weighted by Crippen LogP contribution is -2.26. The van der Waals surface area contributed by atoms with Gasteiger partial charge in [0.15, 0.2) is 0 Å². The van der Waals surface area contributed by atoms with Crippen molar-refractivity contribution in [3.63, 3.8) is 0 Å². The summed E-state index contributed by atoms with van der Waals surface area (Å²) in [6.07, 6.45) is 7.40. The Hall–Kier alpha value is -4.18. The predicted molar refractivity (Wildman–Crippen MR) is 131 cm³/mol. The van der Waals surface area contributed by atoms with E-state index in [0.717, 1.165) is 46.3 Å².